The Kier molecular flexibility index (Phi) is 3.19. The molecule has 1 aliphatic rings. The Labute approximate surface area is 112 Å². The van der Waals surface area contributed by atoms with E-state index in [9.17, 15) is 4.79 Å². The number of ether oxygens (including phenoxy) is 1. The van der Waals surface area contributed by atoms with Crippen molar-refractivity contribution in [2.24, 2.45) is 0 Å². The Balaban J connectivity index is 1.68. The second kappa shape index (κ2) is 5.14. The normalized spacial score (nSPS) is 17.2. The summed E-state index contributed by atoms with van der Waals surface area (Å²) in [7, 11) is 0. The van der Waals surface area contributed by atoms with Crippen molar-refractivity contribution in [2.45, 2.75) is 12.5 Å². The Morgan fingerprint density at radius 3 is 2.63 bits per heavy atom. The van der Waals surface area contributed by atoms with Crippen molar-refractivity contribution in [1.82, 2.24) is 5.32 Å². The smallest absolute Gasteiger partial charge is 0.251 e. The van der Waals surface area contributed by atoms with Gasteiger partial charge in [-0.15, -0.1) is 0 Å². The van der Waals surface area contributed by atoms with E-state index in [1.807, 2.05) is 54.6 Å². The number of hydrogen-bond donors (Lipinski definition) is 1. The van der Waals surface area contributed by atoms with E-state index in [4.69, 9.17) is 4.74 Å². The lowest BCUT2D eigenvalue weighted by Crippen LogP contribution is -2.42. The largest absolute Gasteiger partial charge is 0.491 e. The number of rotatable bonds is 2. The van der Waals surface area contributed by atoms with Crippen molar-refractivity contribution in [3.8, 4) is 5.75 Å². The summed E-state index contributed by atoms with van der Waals surface area (Å²) in [5.74, 6) is 0.876. The third-order valence-corrected chi connectivity index (χ3v) is 3.25. The van der Waals surface area contributed by atoms with Crippen LogP contribution in [0.3, 0.4) is 0 Å². The van der Waals surface area contributed by atoms with Crippen LogP contribution in [-0.4, -0.2) is 18.6 Å². The molecule has 19 heavy (non-hydrogen) atoms. The fraction of sp³-hybridized carbons (Fsp3) is 0.188. The molecule has 0 saturated heterocycles. The highest BCUT2D eigenvalue weighted by Gasteiger charge is 2.21. The van der Waals surface area contributed by atoms with Crippen molar-refractivity contribution < 1.29 is 9.53 Å². The predicted molar refractivity (Wildman–Crippen MR) is 73.3 cm³/mol. The van der Waals surface area contributed by atoms with E-state index >= 15 is 0 Å². The number of para-hydroxylation sites is 1. The standard InChI is InChI=1S/C16H15NO2/c18-16(12-6-2-1-3-7-12)17-14-10-13-8-4-5-9-15(13)19-11-14/h1-9,14H,10-11H2,(H,17,18). The first-order chi connectivity index (χ1) is 9.33. The van der Waals surface area contributed by atoms with Crippen molar-refractivity contribution in [1.29, 1.82) is 0 Å². The topological polar surface area (TPSA) is 38.3 Å². The number of carbonyl (C=O) groups is 1. The third-order valence-electron chi connectivity index (χ3n) is 3.25. The minimum atomic E-state index is -0.0476. The van der Waals surface area contributed by atoms with Gasteiger partial charge in [-0.05, 0) is 30.2 Å². The molecule has 0 fully saturated rings. The van der Waals surface area contributed by atoms with E-state index in [1.165, 1.54) is 0 Å². The summed E-state index contributed by atoms with van der Waals surface area (Å²) in [5, 5.41) is 3.01. The summed E-state index contributed by atoms with van der Waals surface area (Å²) in [4.78, 5) is 12.1. The molecular weight excluding hydrogens is 238 g/mol. The first-order valence-corrected chi connectivity index (χ1v) is 6.39. The lowest BCUT2D eigenvalue weighted by Gasteiger charge is -2.26. The molecule has 2 aromatic carbocycles. The zero-order valence-electron chi connectivity index (χ0n) is 10.5. The van der Waals surface area contributed by atoms with Crippen LogP contribution in [0.25, 0.3) is 0 Å². The number of nitrogens with one attached hydrogen (secondary N) is 1. The van der Waals surface area contributed by atoms with E-state index in [-0.39, 0.29) is 11.9 Å². The second-order valence-electron chi connectivity index (χ2n) is 4.66. The molecule has 2 aromatic rings. The highest BCUT2D eigenvalue weighted by molar-refractivity contribution is 5.94. The van der Waals surface area contributed by atoms with E-state index < -0.39 is 0 Å². The zero-order chi connectivity index (χ0) is 13.1. The molecular formula is C16H15NO2. The van der Waals surface area contributed by atoms with Crippen LogP contribution in [0.4, 0.5) is 0 Å². The van der Waals surface area contributed by atoms with Gasteiger partial charge in [0.05, 0.1) is 6.04 Å². The van der Waals surface area contributed by atoms with Crippen molar-refractivity contribution >= 4 is 5.91 Å². The minimum Gasteiger partial charge on any atom is -0.491 e. The highest BCUT2D eigenvalue weighted by Crippen LogP contribution is 2.23. The Morgan fingerprint density at radius 2 is 1.79 bits per heavy atom. The second-order valence-corrected chi connectivity index (χ2v) is 4.66. The molecule has 3 nitrogen and oxygen atoms in total. The van der Waals surface area contributed by atoms with Crippen LogP contribution in [0.15, 0.2) is 54.6 Å². The molecule has 0 aliphatic carbocycles. The minimum absolute atomic E-state index is 0.0302. The number of benzene rings is 2. The maximum absolute atomic E-state index is 12.1. The molecule has 1 atom stereocenters. The maximum atomic E-state index is 12.1. The maximum Gasteiger partial charge on any atom is 0.251 e. The summed E-state index contributed by atoms with van der Waals surface area (Å²) in [5.41, 5.74) is 1.83. The van der Waals surface area contributed by atoms with Crippen LogP contribution in [0.5, 0.6) is 5.75 Å². The van der Waals surface area contributed by atoms with E-state index in [2.05, 4.69) is 5.32 Å². The molecule has 96 valence electrons. The van der Waals surface area contributed by atoms with Gasteiger partial charge in [-0.3, -0.25) is 4.79 Å². The van der Waals surface area contributed by atoms with Crippen LogP contribution in [0.1, 0.15) is 15.9 Å². The van der Waals surface area contributed by atoms with E-state index in [1.54, 1.807) is 0 Å². The third kappa shape index (κ3) is 2.60. The zero-order valence-corrected chi connectivity index (χ0v) is 10.5. The van der Waals surface area contributed by atoms with Gasteiger partial charge in [0.1, 0.15) is 12.4 Å². The van der Waals surface area contributed by atoms with Crippen molar-refractivity contribution in [3.05, 3.63) is 65.7 Å². The van der Waals surface area contributed by atoms with Crippen molar-refractivity contribution in [2.75, 3.05) is 6.61 Å². The monoisotopic (exact) mass is 253 g/mol. The quantitative estimate of drug-likeness (QED) is 0.892. The van der Waals surface area contributed by atoms with Gasteiger partial charge in [0.15, 0.2) is 0 Å². The molecule has 0 spiro atoms. The molecule has 1 amide bonds. The number of amides is 1. The molecule has 3 rings (SSSR count). The Bertz CT molecular complexity index is 580. The molecule has 1 aliphatic heterocycles. The predicted octanol–water partition coefficient (Wildman–Crippen LogP) is 2.42. The first kappa shape index (κ1) is 11.8. The molecule has 1 N–H and O–H groups in total. The van der Waals surface area contributed by atoms with Gasteiger partial charge in [0.25, 0.3) is 5.91 Å². The molecule has 3 heteroatoms. The van der Waals surface area contributed by atoms with Gasteiger partial charge in [-0.2, -0.15) is 0 Å². The average molecular weight is 253 g/mol. The van der Waals surface area contributed by atoms with Crippen LogP contribution in [-0.2, 0) is 6.42 Å². The van der Waals surface area contributed by atoms with Gasteiger partial charge in [0.2, 0.25) is 0 Å². The average Bonchev–Trinajstić information content (AvgIpc) is 2.48. The van der Waals surface area contributed by atoms with Crippen molar-refractivity contribution in [3.63, 3.8) is 0 Å². The van der Waals surface area contributed by atoms with Gasteiger partial charge in [0, 0.05) is 5.56 Å². The molecule has 1 heterocycles. The summed E-state index contributed by atoms with van der Waals surface area (Å²) < 4.78 is 5.66. The summed E-state index contributed by atoms with van der Waals surface area (Å²) in [6, 6.07) is 17.2. The lowest BCUT2D eigenvalue weighted by atomic mass is 10.0. The SMILES string of the molecule is O=C(NC1COc2ccccc2C1)c1ccccc1. The number of hydrogen-bond acceptors (Lipinski definition) is 2. The Hall–Kier alpha value is -2.29. The highest BCUT2D eigenvalue weighted by atomic mass is 16.5. The fourth-order valence-corrected chi connectivity index (χ4v) is 2.28. The summed E-state index contributed by atoms with van der Waals surface area (Å²) in [6.07, 6.45) is 0.814. The van der Waals surface area contributed by atoms with Gasteiger partial charge in [-0.1, -0.05) is 36.4 Å². The Morgan fingerprint density at radius 1 is 1.05 bits per heavy atom. The van der Waals surface area contributed by atoms with Gasteiger partial charge in [-0.25, -0.2) is 0 Å². The summed E-state index contributed by atoms with van der Waals surface area (Å²) >= 11 is 0. The summed E-state index contributed by atoms with van der Waals surface area (Å²) in [6.45, 7) is 0.523. The number of fused-ring (bicyclic) bond motifs is 1. The fourth-order valence-electron chi connectivity index (χ4n) is 2.28. The molecule has 1 unspecified atom stereocenters. The molecule has 0 bridgehead atoms. The van der Waals surface area contributed by atoms with Crippen LogP contribution >= 0.6 is 0 Å². The van der Waals surface area contributed by atoms with Gasteiger partial charge >= 0.3 is 0 Å². The van der Waals surface area contributed by atoms with E-state index in [0.717, 1.165) is 17.7 Å². The van der Waals surface area contributed by atoms with E-state index in [0.29, 0.717) is 12.2 Å². The van der Waals surface area contributed by atoms with Gasteiger partial charge < -0.3 is 10.1 Å². The molecule has 0 radical (unpaired) electrons. The molecule has 0 aromatic heterocycles. The number of carbonyl (C=O) groups excluding carboxylic acids is 1. The molecule has 0 saturated carbocycles. The first-order valence-electron chi connectivity index (χ1n) is 6.39. The van der Waals surface area contributed by atoms with Crippen LogP contribution < -0.4 is 10.1 Å². The lowest BCUT2D eigenvalue weighted by molar-refractivity contribution is 0.0915. The van der Waals surface area contributed by atoms with Crippen LogP contribution in [0, 0.1) is 0 Å². The van der Waals surface area contributed by atoms with Crippen LogP contribution in [0.2, 0.25) is 0 Å².